The minimum atomic E-state index is 0.323. The number of hydrogen-bond donors (Lipinski definition) is 1. The van der Waals surface area contributed by atoms with E-state index in [0.717, 1.165) is 5.84 Å². The van der Waals surface area contributed by atoms with Crippen LogP contribution in [0.4, 0.5) is 0 Å². The predicted molar refractivity (Wildman–Crippen MR) is 41.2 cm³/mol. The molecule has 1 unspecified atom stereocenters. The van der Waals surface area contributed by atoms with E-state index in [2.05, 4.69) is 17.5 Å². The highest BCUT2D eigenvalue weighted by molar-refractivity contribution is 5.79. The first-order valence-corrected chi connectivity index (χ1v) is 3.39. The standard InChI is InChI=1S/C6H14N4/c1-5-7-9(3)6(2)10(4)8-5/h6H,1-4H3,(H,7,8). The fourth-order valence-corrected chi connectivity index (χ4v) is 0.942. The van der Waals surface area contributed by atoms with Crippen molar-refractivity contribution in [3.63, 3.8) is 0 Å². The summed E-state index contributed by atoms with van der Waals surface area (Å²) in [6.07, 6.45) is 0.323. The molecular formula is C6H14N4. The molecule has 0 aromatic carbocycles. The van der Waals surface area contributed by atoms with Crippen LogP contribution in [0, 0.1) is 0 Å². The van der Waals surface area contributed by atoms with E-state index >= 15 is 0 Å². The van der Waals surface area contributed by atoms with Crippen LogP contribution in [0.1, 0.15) is 13.8 Å². The van der Waals surface area contributed by atoms with Gasteiger partial charge in [-0.2, -0.15) is 5.10 Å². The van der Waals surface area contributed by atoms with E-state index in [0.29, 0.717) is 6.17 Å². The Hall–Kier alpha value is -0.770. The molecule has 1 N–H and O–H groups in total. The summed E-state index contributed by atoms with van der Waals surface area (Å²) in [7, 11) is 3.96. The highest BCUT2D eigenvalue weighted by Gasteiger charge is 2.17. The SMILES string of the molecule is CC1=NN(C)C(C)N(C)N1. The lowest BCUT2D eigenvalue weighted by atomic mass is 10.5. The molecule has 0 aromatic rings. The molecule has 4 heteroatoms. The van der Waals surface area contributed by atoms with E-state index in [4.69, 9.17) is 0 Å². The maximum absolute atomic E-state index is 4.21. The summed E-state index contributed by atoms with van der Waals surface area (Å²) in [5, 5.41) is 8.15. The van der Waals surface area contributed by atoms with Gasteiger partial charge in [0.2, 0.25) is 0 Å². The highest BCUT2D eigenvalue weighted by Crippen LogP contribution is 2.03. The zero-order valence-electron chi connectivity index (χ0n) is 6.92. The second-order valence-corrected chi connectivity index (χ2v) is 2.61. The van der Waals surface area contributed by atoms with Crippen LogP contribution in [0.15, 0.2) is 5.10 Å². The van der Waals surface area contributed by atoms with Gasteiger partial charge in [0.15, 0.2) is 0 Å². The number of rotatable bonds is 0. The van der Waals surface area contributed by atoms with Crippen LogP contribution in [0.5, 0.6) is 0 Å². The summed E-state index contributed by atoms with van der Waals surface area (Å²) >= 11 is 0. The molecule has 58 valence electrons. The van der Waals surface area contributed by atoms with Crippen molar-refractivity contribution in [3.8, 4) is 0 Å². The number of nitrogens with zero attached hydrogens (tertiary/aromatic N) is 3. The van der Waals surface area contributed by atoms with Crippen LogP contribution in [0.2, 0.25) is 0 Å². The Kier molecular flexibility index (Phi) is 1.80. The monoisotopic (exact) mass is 142 g/mol. The highest BCUT2D eigenvalue weighted by atomic mass is 15.7. The van der Waals surface area contributed by atoms with Gasteiger partial charge in [-0.15, -0.1) is 0 Å². The van der Waals surface area contributed by atoms with Gasteiger partial charge in [-0.25, -0.2) is 5.01 Å². The summed E-state index contributed by atoms with van der Waals surface area (Å²) in [5.74, 6) is 0.933. The molecule has 0 spiro atoms. The lowest BCUT2D eigenvalue weighted by Crippen LogP contribution is -2.54. The van der Waals surface area contributed by atoms with Gasteiger partial charge in [0.1, 0.15) is 12.0 Å². The van der Waals surface area contributed by atoms with Crippen molar-refractivity contribution in [1.29, 1.82) is 0 Å². The molecule has 1 aliphatic heterocycles. The lowest BCUT2D eigenvalue weighted by molar-refractivity contribution is 0.0593. The Labute approximate surface area is 61.5 Å². The van der Waals surface area contributed by atoms with Gasteiger partial charge in [-0.05, 0) is 13.8 Å². The molecule has 1 atom stereocenters. The van der Waals surface area contributed by atoms with Crippen molar-refractivity contribution < 1.29 is 0 Å². The molecule has 0 bridgehead atoms. The van der Waals surface area contributed by atoms with Crippen molar-refractivity contribution in [2.75, 3.05) is 14.1 Å². The molecule has 1 rings (SSSR count). The molecule has 4 nitrogen and oxygen atoms in total. The van der Waals surface area contributed by atoms with Crippen LogP contribution in [-0.2, 0) is 0 Å². The maximum atomic E-state index is 4.21. The van der Waals surface area contributed by atoms with Crippen molar-refractivity contribution in [2.45, 2.75) is 20.0 Å². The molecule has 0 saturated heterocycles. The number of nitrogens with one attached hydrogen (secondary N) is 1. The summed E-state index contributed by atoms with van der Waals surface area (Å²) in [5.41, 5.74) is 3.10. The van der Waals surface area contributed by atoms with E-state index in [9.17, 15) is 0 Å². The van der Waals surface area contributed by atoms with Gasteiger partial charge in [0.25, 0.3) is 0 Å². The van der Waals surface area contributed by atoms with Gasteiger partial charge < -0.3 is 5.43 Å². The van der Waals surface area contributed by atoms with Gasteiger partial charge in [0.05, 0.1) is 0 Å². The van der Waals surface area contributed by atoms with Gasteiger partial charge in [-0.1, -0.05) is 0 Å². The molecule has 0 fully saturated rings. The maximum Gasteiger partial charge on any atom is 0.133 e. The number of hydrazine groups is 1. The third-order valence-corrected chi connectivity index (χ3v) is 1.75. The molecule has 1 heterocycles. The summed E-state index contributed by atoms with van der Waals surface area (Å²) in [4.78, 5) is 0. The summed E-state index contributed by atoms with van der Waals surface area (Å²) in [6, 6.07) is 0. The van der Waals surface area contributed by atoms with Crippen molar-refractivity contribution in [2.24, 2.45) is 5.10 Å². The first-order valence-electron chi connectivity index (χ1n) is 3.39. The second kappa shape index (κ2) is 2.46. The fraction of sp³-hybridized carbons (Fsp3) is 0.833. The van der Waals surface area contributed by atoms with Crippen LogP contribution < -0.4 is 5.43 Å². The third-order valence-electron chi connectivity index (χ3n) is 1.75. The van der Waals surface area contributed by atoms with Crippen molar-refractivity contribution >= 4 is 5.84 Å². The quantitative estimate of drug-likeness (QED) is 0.518. The van der Waals surface area contributed by atoms with Crippen molar-refractivity contribution in [3.05, 3.63) is 0 Å². The largest absolute Gasteiger partial charge is 0.304 e. The second-order valence-electron chi connectivity index (χ2n) is 2.61. The first-order chi connectivity index (χ1) is 4.61. The zero-order chi connectivity index (χ0) is 7.72. The van der Waals surface area contributed by atoms with Crippen molar-refractivity contribution in [1.82, 2.24) is 15.4 Å². The van der Waals surface area contributed by atoms with Crippen LogP contribution >= 0.6 is 0 Å². The van der Waals surface area contributed by atoms with E-state index in [1.807, 2.05) is 31.0 Å². The van der Waals surface area contributed by atoms with Crippen LogP contribution in [0.25, 0.3) is 0 Å². The number of amidine groups is 1. The van der Waals surface area contributed by atoms with E-state index in [1.165, 1.54) is 0 Å². The van der Waals surface area contributed by atoms with E-state index in [1.54, 1.807) is 0 Å². The molecule has 0 saturated carbocycles. The molecule has 1 aliphatic rings. The Balaban J connectivity index is 2.69. The normalized spacial score (nSPS) is 27.8. The Bertz CT molecular complexity index is 154. The number of hydrazone groups is 1. The molecular weight excluding hydrogens is 128 g/mol. The molecule has 0 radical (unpaired) electrons. The summed E-state index contributed by atoms with van der Waals surface area (Å²) in [6.45, 7) is 4.03. The third kappa shape index (κ3) is 1.21. The van der Waals surface area contributed by atoms with E-state index in [-0.39, 0.29) is 0 Å². The minimum Gasteiger partial charge on any atom is -0.304 e. The minimum absolute atomic E-state index is 0.323. The molecule has 10 heavy (non-hydrogen) atoms. The Morgan fingerprint density at radius 1 is 1.50 bits per heavy atom. The average Bonchev–Trinajstić information content (AvgIpc) is 1.82. The van der Waals surface area contributed by atoms with Crippen LogP contribution in [-0.4, -0.2) is 36.1 Å². The number of hydrogen-bond acceptors (Lipinski definition) is 4. The zero-order valence-corrected chi connectivity index (χ0v) is 6.92. The molecule has 0 aromatic heterocycles. The lowest BCUT2D eigenvalue weighted by Gasteiger charge is -2.36. The van der Waals surface area contributed by atoms with Gasteiger partial charge >= 0.3 is 0 Å². The van der Waals surface area contributed by atoms with Crippen LogP contribution in [0.3, 0.4) is 0 Å². The van der Waals surface area contributed by atoms with Gasteiger partial charge in [0, 0.05) is 14.1 Å². The fourth-order valence-electron chi connectivity index (χ4n) is 0.942. The van der Waals surface area contributed by atoms with E-state index < -0.39 is 0 Å². The average molecular weight is 142 g/mol. The Morgan fingerprint density at radius 3 is 2.60 bits per heavy atom. The molecule has 0 aliphatic carbocycles. The smallest absolute Gasteiger partial charge is 0.133 e. The first kappa shape index (κ1) is 7.34. The summed E-state index contributed by atoms with van der Waals surface area (Å²) < 4.78 is 0. The molecule has 0 amide bonds. The predicted octanol–water partition coefficient (Wildman–Crippen LogP) is 0.0476. The Morgan fingerprint density at radius 2 is 2.10 bits per heavy atom. The topological polar surface area (TPSA) is 30.9 Å². The van der Waals surface area contributed by atoms with Gasteiger partial charge in [-0.3, -0.25) is 5.01 Å².